The molecule has 0 aliphatic heterocycles. The van der Waals surface area contributed by atoms with Crippen molar-refractivity contribution in [1.82, 2.24) is 21.7 Å². The number of hydrogen-bond donors (Lipinski definition) is 4. The Bertz CT molecular complexity index is 1010. The molecule has 2 aromatic carbocycles. The molecular formula is C29H40N4O6. The molecule has 0 heterocycles. The normalized spacial score (nSPS) is 10.4. The molecular weight excluding hydrogens is 500 g/mol. The van der Waals surface area contributed by atoms with Crippen molar-refractivity contribution in [2.75, 3.05) is 13.2 Å². The van der Waals surface area contributed by atoms with Gasteiger partial charge < -0.3 is 9.47 Å². The summed E-state index contributed by atoms with van der Waals surface area (Å²) in [6.45, 7) is 7.24. The highest BCUT2D eigenvalue weighted by atomic mass is 16.5. The van der Waals surface area contributed by atoms with E-state index in [1.54, 1.807) is 0 Å². The highest BCUT2D eigenvalue weighted by Crippen LogP contribution is 2.22. The Kier molecular flexibility index (Phi) is 13.3. The first kappa shape index (κ1) is 31.1. The number of carbonyl (C=O) groups is 4. The number of carbonyl (C=O) groups excluding carboxylic acids is 4. The van der Waals surface area contributed by atoms with Crippen molar-refractivity contribution < 1.29 is 28.7 Å². The Hall–Kier alpha value is -4.08. The van der Waals surface area contributed by atoms with Gasteiger partial charge in [-0.25, -0.2) is 0 Å². The fraction of sp³-hybridized carbons (Fsp3) is 0.448. The number of hydrogen-bond acceptors (Lipinski definition) is 6. The lowest BCUT2D eigenvalue weighted by molar-refractivity contribution is -0.130. The lowest BCUT2D eigenvalue weighted by Crippen LogP contribution is -2.43. The SMILES string of the molecule is Cc1cccc(C)c1OCC(=O)NNC(=O)CCCCCCCC(=O)NNC(=O)COc1c(C)cccc1C. The molecule has 0 aromatic heterocycles. The minimum absolute atomic E-state index is 0.190. The van der Waals surface area contributed by atoms with E-state index in [-0.39, 0.29) is 37.9 Å². The molecule has 0 aliphatic carbocycles. The molecule has 0 bridgehead atoms. The van der Waals surface area contributed by atoms with Gasteiger partial charge in [0, 0.05) is 12.8 Å². The van der Waals surface area contributed by atoms with Crippen LogP contribution in [0.5, 0.6) is 11.5 Å². The molecule has 0 radical (unpaired) electrons. The van der Waals surface area contributed by atoms with Crippen molar-refractivity contribution in [2.24, 2.45) is 0 Å². The van der Waals surface area contributed by atoms with Crippen LogP contribution in [0.4, 0.5) is 0 Å². The Morgan fingerprint density at radius 3 is 1.18 bits per heavy atom. The summed E-state index contributed by atoms with van der Waals surface area (Å²) in [5.41, 5.74) is 13.3. The number of rotatable bonds is 14. The minimum Gasteiger partial charge on any atom is -0.483 e. The fourth-order valence-corrected chi connectivity index (χ4v) is 3.91. The highest BCUT2D eigenvalue weighted by molar-refractivity contribution is 5.83. The maximum Gasteiger partial charge on any atom is 0.276 e. The predicted molar refractivity (Wildman–Crippen MR) is 148 cm³/mol. The van der Waals surface area contributed by atoms with Crippen LogP contribution in [0.15, 0.2) is 36.4 Å². The van der Waals surface area contributed by atoms with Gasteiger partial charge in [0.1, 0.15) is 11.5 Å². The van der Waals surface area contributed by atoms with Crippen molar-refractivity contribution >= 4 is 23.6 Å². The molecule has 4 N–H and O–H groups in total. The molecule has 10 nitrogen and oxygen atoms in total. The minimum atomic E-state index is -0.436. The summed E-state index contributed by atoms with van der Waals surface area (Å²) in [6, 6.07) is 11.5. The van der Waals surface area contributed by atoms with Crippen LogP contribution in [-0.2, 0) is 19.2 Å². The zero-order chi connectivity index (χ0) is 28.6. The van der Waals surface area contributed by atoms with Gasteiger partial charge in [-0.2, -0.15) is 0 Å². The maximum atomic E-state index is 11.9. The first-order chi connectivity index (χ1) is 18.7. The van der Waals surface area contributed by atoms with Crippen molar-refractivity contribution in [2.45, 2.75) is 72.6 Å². The zero-order valence-corrected chi connectivity index (χ0v) is 23.3. The summed E-state index contributed by atoms with van der Waals surface area (Å²) in [5.74, 6) is -0.0810. The van der Waals surface area contributed by atoms with Gasteiger partial charge in [0.25, 0.3) is 11.8 Å². The number of benzene rings is 2. The third-order valence-corrected chi connectivity index (χ3v) is 6.00. The second-order valence-corrected chi connectivity index (χ2v) is 9.48. The zero-order valence-electron chi connectivity index (χ0n) is 23.3. The van der Waals surface area contributed by atoms with Gasteiger partial charge in [0.05, 0.1) is 0 Å². The summed E-state index contributed by atoms with van der Waals surface area (Å²) >= 11 is 0. The number of ether oxygens (including phenoxy) is 2. The average Bonchev–Trinajstić information content (AvgIpc) is 2.89. The summed E-state index contributed by atoms with van der Waals surface area (Å²) in [7, 11) is 0. The second-order valence-electron chi connectivity index (χ2n) is 9.48. The van der Waals surface area contributed by atoms with Crippen LogP contribution in [0, 0.1) is 27.7 Å². The molecule has 0 saturated carbocycles. The van der Waals surface area contributed by atoms with Crippen molar-refractivity contribution in [3.63, 3.8) is 0 Å². The Balaban J connectivity index is 1.45. The van der Waals surface area contributed by atoms with Crippen LogP contribution in [-0.4, -0.2) is 36.8 Å². The van der Waals surface area contributed by atoms with Crippen LogP contribution in [0.3, 0.4) is 0 Å². The van der Waals surface area contributed by atoms with Gasteiger partial charge in [0.2, 0.25) is 11.8 Å². The third-order valence-electron chi connectivity index (χ3n) is 6.00. The Morgan fingerprint density at radius 2 is 0.821 bits per heavy atom. The van der Waals surface area contributed by atoms with E-state index in [0.717, 1.165) is 41.5 Å². The third kappa shape index (κ3) is 11.9. The van der Waals surface area contributed by atoms with Gasteiger partial charge >= 0.3 is 0 Å². The average molecular weight is 541 g/mol. The summed E-state index contributed by atoms with van der Waals surface area (Å²) in [5, 5.41) is 0. The summed E-state index contributed by atoms with van der Waals surface area (Å²) in [6.07, 6.45) is 4.43. The van der Waals surface area contributed by atoms with Gasteiger partial charge in [-0.1, -0.05) is 55.7 Å². The number of unbranched alkanes of at least 4 members (excludes halogenated alkanes) is 4. The molecule has 0 fully saturated rings. The Labute approximate surface area is 230 Å². The van der Waals surface area contributed by atoms with Crippen LogP contribution in [0.25, 0.3) is 0 Å². The molecule has 0 aliphatic rings. The Morgan fingerprint density at radius 1 is 0.513 bits per heavy atom. The van der Waals surface area contributed by atoms with Crippen LogP contribution in [0.2, 0.25) is 0 Å². The largest absolute Gasteiger partial charge is 0.483 e. The van der Waals surface area contributed by atoms with Crippen molar-refractivity contribution in [3.8, 4) is 11.5 Å². The number of aryl methyl sites for hydroxylation is 4. The quantitative estimate of drug-likeness (QED) is 0.214. The second kappa shape index (κ2) is 16.7. The lowest BCUT2D eigenvalue weighted by atomic mass is 10.1. The maximum absolute atomic E-state index is 11.9. The summed E-state index contributed by atoms with van der Waals surface area (Å²) < 4.78 is 11.1. The molecule has 212 valence electrons. The molecule has 0 spiro atoms. The molecule has 4 amide bonds. The molecule has 0 saturated heterocycles. The number of nitrogens with one attached hydrogen (secondary N) is 4. The number of hydrazine groups is 2. The first-order valence-electron chi connectivity index (χ1n) is 13.2. The standard InChI is InChI=1S/C29H40N4O6/c1-20-12-10-13-21(2)28(20)38-18-26(36)32-30-24(34)16-8-6-5-7-9-17-25(35)31-33-27(37)19-39-29-22(3)14-11-15-23(29)4/h10-15H,5-9,16-19H2,1-4H3,(H,30,34)(H,31,35)(H,32,36)(H,33,37). The number of para-hydroxylation sites is 2. The van der Waals surface area contributed by atoms with Crippen LogP contribution in [0.1, 0.15) is 67.2 Å². The van der Waals surface area contributed by atoms with E-state index in [1.165, 1.54) is 0 Å². The van der Waals surface area contributed by atoms with Crippen LogP contribution < -0.4 is 31.2 Å². The van der Waals surface area contributed by atoms with E-state index in [1.807, 2.05) is 64.1 Å². The highest BCUT2D eigenvalue weighted by Gasteiger charge is 2.10. The molecule has 0 unspecified atom stereocenters. The van der Waals surface area contributed by atoms with Crippen LogP contribution >= 0.6 is 0 Å². The van der Waals surface area contributed by atoms with Crippen molar-refractivity contribution in [3.05, 3.63) is 58.7 Å². The summed E-state index contributed by atoms with van der Waals surface area (Å²) in [4.78, 5) is 47.7. The van der Waals surface area contributed by atoms with E-state index in [9.17, 15) is 19.2 Å². The molecule has 39 heavy (non-hydrogen) atoms. The lowest BCUT2D eigenvalue weighted by Gasteiger charge is -2.12. The van der Waals surface area contributed by atoms with Gasteiger partial charge in [-0.15, -0.1) is 0 Å². The fourth-order valence-electron chi connectivity index (χ4n) is 3.91. The first-order valence-corrected chi connectivity index (χ1v) is 13.2. The van der Waals surface area contributed by atoms with Gasteiger partial charge in [-0.05, 0) is 62.8 Å². The van der Waals surface area contributed by atoms with Crippen molar-refractivity contribution in [1.29, 1.82) is 0 Å². The van der Waals surface area contributed by atoms with E-state index < -0.39 is 11.8 Å². The van der Waals surface area contributed by atoms with E-state index in [4.69, 9.17) is 9.47 Å². The smallest absolute Gasteiger partial charge is 0.276 e. The van der Waals surface area contributed by atoms with Gasteiger partial charge in [0.15, 0.2) is 13.2 Å². The van der Waals surface area contributed by atoms with E-state index in [2.05, 4.69) is 21.7 Å². The molecule has 2 rings (SSSR count). The van der Waals surface area contributed by atoms with Gasteiger partial charge in [-0.3, -0.25) is 40.9 Å². The predicted octanol–water partition coefficient (Wildman–Crippen LogP) is 3.40. The van der Waals surface area contributed by atoms with E-state index >= 15 is 0 Å². The topological polar surface area (TPSA) is 135 Å². The monoisotopic (exact) mass is 540 g/mol. The number of amides is 4. The molecule has 2 aromatic rings. The van der Waals surface area contributed by atoms with E-state index in [0.29, 0.717) is 24.3 Å². The molecule has 0 atom stereocenters. The molecule has 10 heteroatoms.